The van der Waals surface area contributed by atoms with Gasteiger partial charge in [-0.3, -0.25) is 0 Å². The molecule has 0 unspecified atom stereocenters. The van der Waals surface area contributed by atoms with Crippen molar-refractivity contribution in [2.75, 3.05) is 6.61 Å². The predicted molar refractivity (Wildman–Crippen MR) is 39.9 cm³/mol. The van der Waals surface area contributed by atoms with E-state index in [1.54, 1.807) is 19.1 Å². The Kier molecular flexibility index (Phi) is 2.68. The molecular formula is C8H12O3. The van der Waals surface area contributed by atoms with E-state index in [1.807, 2.05) is 0 Å². The fraction of sp³-hybridized carbons (Fsp3) is 0.500. The highest BCUT2D eigenvalue weighted by molar-refractivity contribution is 5.02. The van der Waals surface area contributed by atoms with Crippen LogP contribution in [0, 0.1) is 5.92 Å². The van der Waals surface area contributed by atoms with Gasteiger partial charge in [0, 0.05) is 12.5 Å². The predicted octanol–water partition coefficient (Wildman–Crippen LogP) is 0.941. The summed E-state index contributed by atoms with van der Waals surface area (Å²) < 4.78 is 4.96. The topological polar surface area (TPSA) is 53.6 Å². The Bertz CT molecular complexity index is 193. The quantitative estimate of drug-likeness (QED) is 0.684. The molecule has 0 fully saturated rings. The lowest BCUT2D eigenvalue weighted by molar-refractivity contribution is 0.0599. The van der Waals surface area contributed by atoms with Crippen LogP contribution in [0.3, 0.4) is 0 Å². The molecule has 1 aromatic heterocycles. The molecule has 1 heterocycles. The molecule has 2 atom stereocenters. The van der Waals surface area contributed by atoms with Crippen molar-refractivity contribution in [1.29, 1.82) is 0 Å². The van der Waals surface area contributed by atoms with Gasteiger partial charge in [0.1, 0.15) is 11.9 Å². The van der Waals surface area contributed by atoms with Crippen LogP contribution in [0.2, 0.25) is 0 Å². The Morgan fingerprint density at radius 2 is 2.36 bits per heavy atom. The fourth-order valence-electron chi connectivity index (χ4n) is 0.840. The van der Waals surface area contributed by atoms with Crippen LogP contribution in [0.5, 0.6) is 0 Å². The fourth-order valence-corrected chi connectivity index (χ4v) is 0.840. The van der Waals surface area contributed by atoms with E-state index in [9.17, 15) is 5.11 Å². The molecule has 3 nitrogen and oxygen atoms in total. The molecule has 0 saturated heterocycles. The first-order valence-corrected chi connectivity index (χ1v) is 3.58. The van der Waals surface area contributed by atoms with E-state index in [4.69, 9.17) is 9.52 Å². The van der Waals surface area contributed by atoms with Crippen molar-refractivity contribution in [2.24, 2.45) is 5.92 Å². The zero-order valence-electron chi connectivity index (χ0n) is 6.40. The zero-order valence-corrected chi connectivity index (χ0v) is 6.40. The number of hydrogen-bond acceptors (Lipinski definition) is 3. The van der Waals surface area contributed by atoms with Gasteiger partial charge in [-0.2, -0.15) is 0 Å². The van der Waals surface area contributed by atoms with Gasteiger partial charge in [0.05, 0.1) is 6.26 Å². The standard InChI is InChI=1S/C8H12O3/c1-6(5-9)8(10)7-3-2-4-11-7/h2-4,6,8-10H,5H2,1H3/t6-,8-/m1/s1. The third kappa shape index (κ3) is 1.82. The minimum atomic E-state index is -0.699. The van der Waals surface area contributed by atoms with Gasteiger partial charge in [-0.1, -0.05) is 6.92 Å². The summed E-state index contributed by atoms with van der Waals surface area (Å²) in [6, 6.07) is 3.40. The molecule has 0 aliphatic rings. The van der Waals surface area contributed by atoms with E-state index < -0.39 is 6.10 Å². The summed E-state index contributed by atoms with van der Waals surface area (Å²) in [5.74, 6) is 0.327. The maximum atomic E-state index is 9.42. The highest BCUT2D eigenvalue weighted by Crippen LogP contribution is 2.20. The van der Waals surface area contributed by atoms with E-state index >= 15 is 0 Å². The monoisotopic (exact) mass is 156 g/mol. The molecule has 0 aliphatic carbocycles. The second-order valence-corrected chi connectivity index (χ2v) is 2.62. The van der Waals surface area contributed by atoms with Gasteiger partial charge in [0.15, 0.2) is 0 Å². The van der Waals surface area contributed by atoms with Gasteiger partial charge in [-0.15, -0.1) is 0 Å². The third-order valence-corrected chi connectivity index (χ3v) is 1.66. The molecule has 0 saturated carbocycles. The van der Waals surface area contributed by atoms with Crippen molar-refractivity contribution in [3.63, 3.8) is 0 Å². The molecule has 62 valence electrons. The Hall–Kier alpha value is -0.800. The summed E-state index contributed by atoms with van der Waals surface area (Å²) in [5, 5.41) is 18.1. The van der Waals surface area contributed by atoms with Gasteiger partial charge in [0.25, 0.3) is 0 Å². The summed E-state index contributed by atoms with van der Waals surface area (Å²) in [7, 11) is 0. The van der Waals surface area contributed by atoms with E-state index in [2.05, 4.69) is 0 Å². The second-order valence-electron chi connectivity index (χ2n) is 2.62. The molecule has 1 aromatic rings. The Morgan fingerprint density at radius 1 is 1.64 bits per heavy atom. The molecule has 3 heteroatoms. The Labute approximate surface area is 65.3 Å². The molecule has 0 bridgehead atoms. The number of aliphatic hydroxyl groups excluding tert-OH is 2. The van der Waals surface area contributed by atoms with Crippen molar-refractivity contribution < 1.29 is 14.6 Å². The zero-order chi connectivity index (χ0) is 8.27. The first-order chi connectivity index (χ1) is 5.25. The van der Waals surface area contributed by atoms with Crippen LogP contribution in [0.15, 0.2) is 22.8 Å². The molecule has 1 rings (SSSR count). The molecule has 0 amide bonds. The SMILES string of the molecule is C[C@H](CO)[C@@H](O)c1ccco1. The van der Waals surface area contributed by atoms with Crippen LogP contribution in [0.25, 0.3) is 0 Å². The van der Waals surface area contributed by atoms with Crippen LogP contribution in [-0.2, 0) is 0 Å². The molecule has 2 N–H and O–H groups in total. The van der Waals surface area contributed by atoms with Gasteiger partial charge < -0.3 is 14.6 Å². The van der Waals surface area contributed by atoms with Crippen LogP contribution < -0.4 is 0 Å². The summed E-state index contributed by atoms with van der Waals surface area (Å²) >= 11 is 0. The number of furan rings is 1. The number of hydrogen-bond donors (Lipinski definition) is 2. The molecule has 11 heavy (non-hydrogen) atoms. The normalized spacial score (nSPS) is 16.3. The highest BCUT2D eigenvalue weighted by Gasteiger charge is 2.17. The molecule has 0 spiro atoms. The van der Waals surface area contributed by atoms with E-state index in [-0.39, 0.29) is 12.5 Å². The minimum absolute atomic E-state index is 0.0398. The molecular weight excluding hydrogens is 144 g/mol. The minimum Gasteiger partial charge on any atom is -0.467 e. The summed E-state index contributed by atoms with van der Waals surface area (Å²) in [5.41, 5.74) is 0. The second kappa shape index (κ2) is 3.55. The molecule has 0 aliphatic heterocycles. The Morgan fingerprint density at radius 3 is 2.82 bits per heavy atom. The van der Waals surface area contributed by atoms with Crippen LogP contribution in [-0.4, -0.2) is 16.8 Å². The number of aliphatic hydroxyl groups is 2. The van der Waals surface area contributed by atoms with E-state index in [0.717, 1.165) is 0 Å². The van der Waals surface area contributed by atoms with Gasteiger partial charge in [0.2, 0.25) is 0 Å². The van der Waals surface area contributed by atoms with Crippen molar-refractivity contribution >= 4 is 0 Å². The summed E-state index contributed by atoms with van der Waals surface area (Å²) in [6.45, 7) is 1.72. The van der Waals surface area contributed by atoms with Crippen molar-refractivity contribution in [1.82, 2.24) is 0 Å². The van der Waals surface area contributed by atoms with Gasteiger partial charge in [-0.25, -0.2) is 0 Å². The summed E-state index contributed by atoms with van der Waals surface area (Å²) in [6.07, 6.45) is 0.804. The lowest BCUT2D eigenvalue weighted by atomic mass is 10.0. The maximum absolute atomic E-state index is 9.42. The lowest BCUT2D eigenvalue weighted by Gasteiger charge is -2.12. The van der Waals surface area contributed by atoms with Crippen molar-refractivity contribution in [3.8, 4) is 0 Å². The molecule has 0 aromatic carbocycles. The lowest BCUT2D eigenvalue weighted by Crippen LogP contribution is -2.11. The summed E-state index contributed by atoms with van der Waals surface area (Å²) in [4.78, 5) is 0. The van der Waals surface area contributed by atoms with Crippen LogP contribution in [0.1, 0.15) is 18.8 Å². The van der Waals surface area contributed by atoms with Crippen LogP contribution in [0.4, 0.5) is 0 Å². The average molecular weight is 156 g/mol. The smallest absolute Gasteiger partial charge is 0.132 e. The first-order valence-electron chi connectivity index (χ1n) is 3.58. The maximum Gasteiger partial charge on any atom is 0.132 e. The average Bonchev–Trinajstić information content (AvgIpc) is 2.53. The van der Waals surface area contributed by atoms with E-state index in [1.165, 1.54) is 6.26 Å². The number of rotatable bonds is 3. The van der Waals surface area contributed by atoms with Crippen molar-refractivity contribution in [3.05, 3.63) is 24.2 Å². The van der Waals surface area contributed by atoms with Gasteiger partial charge in [-0.05, 0) is 12.1 Å². The van der Waals surface area contributed by atoms with Gasteiger partial charge >= 0.3 is 0 Å². The van der Waals surface area contributed by atoms with E-state index in [0.29, 0.717) is 5.76 Å². The van der Waals surface area contributed by atoms with Crippen LogP contribution >= 0.6 is 0 Å². The third-order valence-electron chi connectivity index (χ3n) is 1.66. The Balaban J connectivity index is 2.62. The first kappa shape index (κ1) is 8.30. The largest absolute Gasteiger partial charge is 0.467 e. The van der Waals surface area contributed by atoms with Crippen molar-refractivity contribution in [2.45, 2.75) is 13.0 Å². The molecule has 0 radical (unpaired) electrons. The highest BCUT2D eigenvalue weighted by atomic mass is 16.4.